The van der Waals surface area contributed by atoms with Crippen LogP contribution in [0.25, 0.3) is 16.6 Å². The number of esters is 1. The number of nitrogens with one attached hydrogen (secondary N) is 1. The summed E-state index contributed by atoms with van der Waals surface area (Å²) in [5.41, 5.74) is 1.46. The predicted molar refractivity (Wildman–Crippen MR) is 90.8 cm³/mol. The highest BCUT2D eigenvalue weighted by molar-refractivity contribution is 6.29. The fourth-order valence-corrected chi connectivity index (χ4v) is 2.22. The van der Waals surface area contributed by atoms with E-state index in [0.29, 0.717) is 5.52 Å². The lowest BCUT2D eigenvalue weighted by Crippen LogP contribution is -2.09. The Labute approximate surface area is 147 Å². The molecule has 3 rings (SSSR count). The zero-order valence-electron chi connectivity index (χ0n) is 12.7. The first-order valence-corrected chi connectivity index (χ1v) is 7.52. The highest BCUT2D eigenvalue weighted by Crippen LogP contribution is 2.19. The number of nitrogens with zero attached hydrogens (tertiary/aromatic N) is 3. The van der Waals surface area contributed by atoms with E-state index in [9.17, 15) is 15.2 Å². The average molecular weight is 355 g/mol. The first-order chi connectivity index (χ1) is 12.1. The molecular weight excluding hydrogens is 344 g/mol. The molecule has 2 aromatic heterocycles. The number of H-pyrrole nitrogens is 1. The van der Waals surface area contributed by atoms with Crippen LogP contribution in [-0.2, 0) is 4.74 Å². The van der Waals surface area contributed by atoms with Gasteiger partial charge in [0.05, 0.1) is 16.6 Å². The Morgan fingerprint density at radius 2 is 2.12 bits per heavy atom. The third-order valence-corrected chi connectivity index (χ3v) is 3.55. The van der Waals surface area contributed by atoms with Crippen LogP contribution in [0.1, 0.15) is 16.2 Å². The number of hydrogen-bond donors (Lipinski definition) is 2. The molecule has 2 heterocycles. The summed E-state index contributed by atoms with van der Waals surface area (Å²) in [6.07, 6.45) is 1.26. The first kappa shape index (κ1) is 16.5. The number of imidazole rings is 1. The number of para-hydroxylation sites is 2. The van der Waals surface area contributed by atoms with Gasteiger partial charge < -0.3 is 14.8 Å². The van der Waals surface area contributed by atoms with Crippen LogP contribution in [0.5, 0.6) is 0 Å². The largest absolute Gasteiger partial charge is 0.507 e. The minimum Gasteiger partial charge on any atom is -0.507 e. The van der Waals surface area contributed by atoms with Crippen molar-refractivity contribution < 1.29 is 14.6 Å². The van der Waals surface area contributed by atoms with Crippen molar-refractivity contribution >= 4 is 34.2 Å². The van der Waals surface area contributed by atoms with Gasteiger partial charge in [0.25, 0.3) is 0 Å². The molecule has 0 saturated carbocycles. The molecule has 0 aliphatic rings. The van der Waals surface area contributed by atoms with Crippen molar-refractivity contribution in [3.8, 4) is 6.07 Å². The second-order valence-electron chi connectivity index (χ2n) is 4.98. The maximum absolute atomic E-state index is 11.9. The number of allylic oxidation sites excluding steroid dienone is 1. The average Bonchev–Trinajstić information content (AvgIpc) is 3.04. The number of fused-ring (bicyclic) bond motifs is 1. The van der Waals surface area contributed by atoms with Crippen molar-refractivity contribution in [1.82, 2.24) is 15.0 Å². The van der Waals surface area contributed by atoms with Crippen LogP contribution in [0.2, 0.25) is 5.15 Å². The lowest BCUT2D eigenvalue weighted by Gasteiger charge is -2.05. The molecule has 0 fully saturated rings. The summed E-state index contributed by atoms with van der Waals surface area (Å²) in [4.78, 5) is 22.9. The molecular formula is C17H11ClN4O3. The van der Waals surface area contributed by atoms with Gasteiger partial charge in [-0.3, -0.25) is 0 Å². The van der Waals surface area contributed by atoms with Gasteiger partial charge >= 0.3 is 5.97 Å². The molecule has 2 N–H and O–H groups in total. The quantitative estimate of drug-likeness (QED) is 0.322. The van der Waals surface area contributed by atoms with Gasteiger partial charge in [-0.2, -0.15) is 5.26 Å². The van der Waals surface area contributed by atoms with E-state index in [1.807, 2.05) is 18.2 Å². The van der Waals surface area contributed by atoms with E-state index in [2.05, 4.69) is 15.0 Å². The van der Waals surface area contributed by atoms with Gasteiger partial charge in [0.2, 0.25) is 0 Å². The Kier molecular flexibility index (Phi) is 4.64. The molecule has 3 aromatic rings. The van der Waals surface area contributed by atoms with Gasteiger partial charge in [-0.05, 0) is 24.3 Å². The number of halogens is 1. The van der Waals surface area contributed by atoms with Crippen LogP contribution in [0.15, 0.2) is 48.4 Å². The molecule has 0 atom stereocenters. The number of pyridine rings is 1. The first-order valence-electron chi connectivity index (χ1n) is 7.14. The maximum Gasteiger partial charge on any atom is 0.340 e. The molecule has 0 unspecified atom stereocenters. The Morgan fingerprint density at radius 3 is 2.80 bits per heavy atom. The van der Waals surface area contributed by atoms with Gasteiger partial charge in [-0.1, -0.05) is 23.7 Å². The van der Waals surface area contributed by atoms with Crippen molar-refractivity contribution in [1.29, 1.82) is 5.26 Å². The maximum atomic E-state index is 11.9. The fraction of sp³-hybridized carbons (Fsp3) is 0.0588. The number of aliphatic hydroxyl groups is 1. The van der Waals surface area contributed by atoms with E-state index in [1.54, 1.807) is 12.1 Å². The third kappa shape index (κ3) is 3.59. The van der Waals surface area contributed by atoms with Crippen LogP contribution >= 0.6 is 11.6 Å². The predicted octanol–water partition coefficient (Wildman–Crippen LogP) is 3.26. The van der Waals surface area contributed by atoms with E-state index in [4.69, 9.17) is 16.3 Å². The summed E-state index contributed by atoms with van der Waals surface area (Å²) < 4.78 is 4.99. The Balaban J connectivity index is 1.78. The second kappa shape index (κ2) is 7.03. The summed E-state index contributed by atoms with van der Waals surface area (Å²) in [5.74, 6) is -0.903. The minimum absolute atomic E-state index is 0.0989. The van der Waals surface area contributed by atoms with Crippen molar-refractivity contribution in [2.24, 2.45) is 0 Å². The molecule has 0 radical (unpaired) electrons. The number of aromatic amines is 1. The highest BCUT2D eigenvalue weighted by Gasteiger charge is 2.15. The molecule has 0 bridgehead atoms. The van der Waals surface area contributed by atoms with Crippen LogP contribution in [-0.4, -0.2) is 32.6 Å². The number of nitriles is 1. The van der Waals surface area contributed by atoms with Crippen LogP contribution in [0.3, 0.4) is 0 Å². The summed E-state index contributed by atoms with van der Waals surface area (Å²) >= 11 is 5.65. The van der Waals surface area contributed by atoms with Gasteiger partial charge in [0, 0.05) is 6.20 Å². The number of hydrogen-bond acceptors (Lipinski definition) is 6. The van der Waals surface area contributed by atoms with Gasteiger partial charge in [-0.25, -0.2) is 14.8 Å². The molecule has 0 amide bonds. The Morgan fingerprint density at radius 1 is 1.32 bits per heavy atom. The van der Waals surface area contributed by atoms with Gasteiger partial charge in [-0.15, -0.1) is 0 Å². The molecule has 124 valence electrons. The zero-order valence-corrected chi connectivity index (χ0v) is 13.5. The SMILES string of the molecule is N#C/C(=C(/O)COC(=O)c1ccc(Cl)nc1)c1nc2ccccc2[nH]1. The number of aromatic nitrogens is 3. The summed E-state index contributed by atoms with van der Waals surface area (Å²) in [5, 5.41) is 19.7. The van der Waals surface area contributed by atoms with E-state index >= 15 is 0 Å². The number of rotatable bonds is 4. The summed E-state index contributed by atoms with van der Waals surface area (Å²) in [6.45, 7) is -0.471. The van der Waals surface area contributed by atoms with Gasteiger partial charge in [0.1, 0.15) is 23.4 Å². The monoisotopic (exact) mass is 354 g/mol. The summed E-state index contributed by atoms with van der Waals surface area (Å²) in [7, 11) is 0. The van der Waals surface area contributed by atoms with Gasteiger partial charge in [0.15, 0.2) is 11.6 Å². The molecule has 8 heteroatoms. The molecule has 1 aromatic carbocycles. The molecule has 0 aliphatic carbocycles. The standard InChI is InChI=1S/C17H11ClN4O3/c18-15-6-5-10(8-20-15)17(24)25-9-14(23)11(7-19)16-21-12-3-1-2-4-13(12)22-16/h1-6,8,23H,9H2,(H,21,22)/b14-11-. The number of ether oxygens (including phenoxy) is 1. The Bertz CT molecular complexity index is 970. The van der Waals surface area contributed by atoms with E-state index in [0.717, 1.165) is 5.52 Å². The highest BCUT2D eigenvalue weighted by atomic mass is 35.5. The van der Waals surface area contributed by atoms with Crippen molar-refractivity contribution in [2.45, 2.75) is 0 Å². The topological polar surface area (TPSA) is 112 Å². The summed E-state index contributed by atoms with van der Waals surface area (Å²) in [6, 6.07) is 12.0. The van der Waals surface area contributed by atoms with Crippen molar-refractivity contribution in [2.75, 3.05) is 6.61 Å². The van der Waals surface area contributed by atoms with Crippen LogP contribution < -0.4 is 0 Å². The second-order valence-corrected chi connectivity index (χ2v) is 5.37. The van der Waals surface area contributed by atoms with E-state index in [-0.39, 0.29) is 22.1 Å². The Hall–Kier alpha value is -3.37. The van der Waals surface area contributed by atoms with E-state index < -0.39 is 18.3 Å². The smallest absolute Gasteiger partial charge is 0.340 e. The van der Waals surface area contributed by atoms with Crippen LogP contribution in [0.4, 0.5) is 0 Å². The fourth-order valence-electron chi connectivity index (χ4n) is 2.11. The number of carbonyl (C=O) groups excluding carboxylic acids is 1. The zero-order chi connectivity index (χ0) is 17.8. The lowest BCUT2D eigenvalue weighted by molar-refractivity contribution is 0.0502. The minimum atomic E-state index is -0.697. The van der Waals surface area contributed by atoms with Crippen LogP contribution in [0, 0.1) is 11.3 Å². The molecule has 0 saturated heterocycles. The number of benzene rings is 1. The van der Waals surface area contributed by atoms with E-state index in [1.165, 1.54) is 18.3 Å². The lowest BCUT2D eigenvalue weighted by atomic mass is 10.2. The molecule has 25 heavy (non-hydrogen) atoms. The third-order valence-electron chi connectivity index (χ3n) is 3.33. The molecule has 0 spiro atoms. The molecule has 7 nitrogen and oxygen atoms in total. The number of aliphatic hydroxyl groups excluding tert-OH is 1. The molecule has 0 aliphatic heterocycles. The van der Waals surface area contributed by atoms with Crippen molar-refractivity contribution in [3.05, 3.63) is 64.9 Å². The van der Waals surface area contributed by atoms with Crippen molar-refractivity contribution in [3.63, 3.8) is 0 Å². The normalized spacial score (nSPS) is 11.7. The number of carbonyl (C=O) groups is 1.